The average Bonchev–Trinajstić information content (AvgIpc) is 2.82. The summed E-state index contributed by atoms with van der Waals surface area (Å²) in [5.41, 5.74) is 6.02. The fourth-order valence-corrected chi connectivity index (χ4v) is 4.99. The molecule has 1 fully saturated rings. The summed E-state index contributed by atoms with van der Waals surface area (Å²) in [7, 11) is 4.38. The Kier molecular flexibility index (Phi) is 11.0. The molecule has 1 heterocycles. The second-order valence-electron chi connectivity index (χ2n) is 9.91. The highest BCUT2D eigenvalue weighted by molar-refractivity contribution is 5.97. The van der Waals surface area contributed by atoms with Crippen molar-refractivity contribution in [1.29, 1.82) is 0 Å². The van der Waals surface area contributed by atoms with E-state index < -0.39 is 0 Å². The lowest BCUT2D eigenvalue weighted by Gasteiger charge is -2.27. The van der Waals surface area contributed by atoms with Crippen molar-refractivity contribution in [3.05, 3.63) is 62.1 Å². The zero-order valence-electron chi connectivity index (χ0n) is 23.2. The van der Waals surface area contributed by atoms with Crippen LogP contribution >= 0.6 is 0 Å². The lowest BCUT2D eigenvalue weighted by atomic mass is 9.95. The van der Waals surface area contributed by atoms with Gasteiger partial charge in [-0.1, -0.05) is 19.3 Å². The van der Waals surface area contributed by atoms with Gasteiger partial charge < -0.3 is 20.1 Å². The van der Waals surface area contributed by atoms with Gasteiger partial charge in [0, 0.05) is 59.9 Å². The molecule has 1 saturated carbocycles. The second kappa shape index (κ2) is 13.5. The molecule has 6 nitrogen and oxygen atoms in total. The van der Waals surface area contributed by atoms with Gasteiger partial charge in [-0.15, -0.1) is 0 Å². The predicted molar refractivity (Wildman–Crippen MR) is 148 cm³/mol. The summed E-state index contributed by atoms with van der Waals surface area (Å²) in [6.07, 6.45) is 7.20. The number of carbonyl (C=O) groups excluding carboxylic acids is 1. The van der Waals surface area contributed by atoms with Crippen LogP contribution in [0.5, 0.6) is 0 Å². The minimum Gasteiger partial charge on any atom is -0.385 e. The molecule has 3 rings (SSSR count). The van der Waals surface area contributed by atoms with E-state index in [4.69, 9.17) is 0 Å². The molecule has 6 heteroatoms. The molecule has 1 aliphatic carbocycles. The zero-order chi connectivity index (χ0) is 26.1. The molecule has 0 spiro atoms. The molecule has 0 radical (unpaired) electrons. The predicted octanol–water partition coefficient (Wildman–Crippen LogP) is 5.34. The first-order chi connectivity index (χ1) is 16.6. The highest BCUT2D eigenvalue weighted by atomic mass is 16.1. The van der Waals surface area contributed by atoms with E-state index in [0.717, 1.165) is 47.3 Å². The Bertz CT molecular complexity index is 1050. The highest BCUT2D eigenvalue weighted by Crippen LogP contribution is 2.22. The van der Waals surface area contributed by atoms with Crippen LogP contribution in [0.15, 0.2) is 23.0 Å². The number of hydrogen-bond donors (Lipinski definition) is 2. The summed E-state index contributed by atoms with van der Waals surface area (Å²) < 4.78 is 2.09. The van der Waals surface area contributed by atoms with Crippen molar-refractivity contribution in [2.45, 2.75) is 92.8 Å². The maximum Gasteiger partial charge on any atom is 0.251 e. The molecule has 0 aliphatic heterocycles. The first-order valence-electron chi connectivity index (χ1n) is 13.1. The minimum absolute atomic E-state index is 0.0284. The SMILES string of the molecule is CCNc1cc(C)cc(C(=O)NCc2c(C)n(CC)c(C)cc2=O)c1C.CN(C)C1CCCCC1. The Morgan fingerprint density at radius 3 is 2.23 bits per heavy atom. The van der Waals surface area contributed by atoms with Gasteiger partial charge in [-0.2, -0.15) is 0 Å². The highest BCUT2D eigenvalue weighted by Gasteiger charge is 2.16. The van der Waals surface area contributed by atoms with E-state index in [-0.39, 0.29) is 17.9 Å². The Hall–Kier alpha value is -2.60. The van der Waals surface area contributed by atoms with Crippen LogP contribution in [-0.2, 0) is 13.1 Å². The summed E-state index contributed by atoms with van der Waals surface area (Å²) in [5, 5.41) is 6.22. The second-order valence-corrected chi connectivity index (χ2v) is 9.91. The number of aromatic nitrogens is 1. The molecule has 35 heavy (non-hydrogen) atoms. The van der Waals surface area contributed by atoms with E-state index in [1.807, 2.05) is 53.7 Å². The molecule has 1 aromatic carbocycles. The molecule has 2 N–H and O–H groups in total. The number of anilines is 1. The molecule has 1 amide bonds. The molecule has 0 atom stereocenters. The number of nitrogens with one attached hydrogen (secondary N) is 2. The number of rotatable bonds is 7. The summed E-state index contributed by atoms with van der Waals surface area (Å²) in [6.45, 7) is 13.7. The van der Waals surface area contributed by atoms with Crippen LogP contribution in [0.1, 0.15) is 84.4 Å². The van der Waals surface area contributed by atoms with Gasteiger partial charge in [0.15, 0.2) is 5.43 Å². The van der Waals surface area contributed by atoms with Gasteiger partial charge in [0.05, 0.1) is 0 Å². The molecule has 1 aromatic heterocycles. The largest absolute Gasteiger partial charge is 0.385 e. The average molecular weight is 483 g/mol. The fraction of sp³-hybridized carbons (Fsp3) is 0.586. The van der Waals surface area contributed by atoms with Crippen molar-refractivity contribution in [2.75, 3.05) is 26.0 Å². The summed E-state index contributed by atoms with van der Waals surface area (Å²) in [4.78, 5) is 27.5. The van der Waals surface area contributed by atoms with Crippen molar-refractivity contribution in [2.24, 2.45) is 0 Å². The van der Waals surface area contributed by atoms with Gasteiger partial charge in [0.2, 0.25) is 0 Å². The maximum atomic E-state index is 12.7. The van der Waals surface area contributed by atoms with Gasteiger partial charge in [0.25, 0.3) is 5.91 Å². The van der Waals surface area contributed by atoms with Crippen LogP contribution in [-0.4, -0.2) is 42.1 Å². The molecule has 0 bridgehead atoms. The summed E-state index contributed by atoms with van der Waals surface area (Å²) >= 11 is 0. The number of carbonyl (C=O) groups is 1. The van der Waals surface area contributed by atoms with Gasteiger partial charge in [-0.05, 0) is 91.7 Å². The number of aryl methyl sites for hydroxylation is 2. The number of hydrogen-bond acceptors (Lipinski definition) is 4. The van der Waals surface area contributed by atoms with Crippen molar-refractivity contribution < 1.29 is 4.79 Å². The molecule has 2 aromatic rings. The van der Waals surface area contributed by atoms with Crippen molar-refractivity contribution >= 4 is 11.6 Å². The first-order valence-corrected chi connectivity index (χ1v) is 13.1. The number of pyridine rings is 1. The van der Waals surface area contributed by atoms with E-state index >= 15 is 0 Å². The van der Waals surface area contributed by atoms with Crippen molar-refractivity contribution in [3.8, 4) is 0 Å². The van der Waals surface area contributed by atoms with E-state index in [0.29, 0.717) is 11.1 Å². The van der Waals surface area contributed by atoms with Crippen LogP contribution in [0.25, 0.3) is 0 Å². The van der Waals surface area contributed by atoms with Crippen LogP contribution in [0.3, 0.4) is 0 Å². The fourth-order valence-electron chi connectivity index (χ4n) is 4.99. The van der Waals surface area contributed by atoms with E-state index in [9.17, 15) is 9.59 Å². The van der Waals surface area contributed by atoms with Crippen LogP contribution in [0.4, 0.5) is 5.69 Å². The molecule has 194 valence electrons. The van der Waals surface area contributed by atoms with Crippen molar-refractivity contribution in [3.63, 3.8) is 0 Å². The normalized spacial score (nSPS) is 13.9. The lowest BCUT2D eigenvalue weighted by Crippen LogP contribution is -2.29. The zero-order valence-corrected chi connectivity index (χ0v) is 23.2. The third-order valence-corrected chi connectivity index (χ3v) is 7.12. The van der Waals surface area contributed by atoms with Crippen LogP contribution in [0, 0.1) is 27.7 Å². The molecular formula is C29H46N4O2. The molecule has 0 unspecified atom stereocenters. The Morgan fingerprint density at radius 1 is 1.03 bits per heavy atom. The van der Waals surface area contributed by atoms with Crippen molar-refractivity contribution in [1.82, 2.24) is 14.8 Å². The van der Waals surface area contributed by atoms with Gasteiger partial charge in [0.1, 0.15) is 0 Å². The monoisotopic (exact) mass is 482 g/mol. The summed E-state index contributed by atoms with van der Waals surface area (Å²) in [6, 6.07) is 6.45. The third kappa shape index (κ3) is 7.69. The standard InChI is InChI=1S/C21H29N3O2.C8H17N/c1-7-22-19-10-13(3)9-17(15(19)5)21(26)23-12-18-16(6)24(8-2)14(4)11-20(18)25;1-9(2)8-6-4-3-5-7-8/h9-11,22H,7-8,12H2,1-6H3,(H,23,26);8H,3-7H2,1-2H3. The topological polar surface area (TPSA) is 66.4 Å². The molecule has 0 saturated heterocycles. The smallest absolute Gasteiger partial charge is 0.251 e. The van der Waals surface area contributed by atoms with E-state index in [2.05, 4.69) is 34.2 Å². The van der Waals surface area contributed by atoms with E-state index in [1.165, 1.54) is 32.1 Å². The Morgan fingerprint density at radius 2 is 1.69 bits per heavy atom. The Balaban J connectivity index is 0.000000402. The molecule has 1 aliphatic rings. The number of nitrogens with zero attached hydrogens (tertiary/aromatic N) is 2. The maximum absolute atomic E-state index is 12.7. The number of benzene rings is 1. The first kappa shape index (κ1) is 28.6. The Labute approximate surface area is 212 Å². The van der Waals surface area contributed by atoms with Gasteiger partial charge in [-0.25, -0.2) is 0 Å². The van der Waals surface area contributed by atoms with Crippen LogP contribution < -0.4 is 16.1 Å². The minimum atomic E-state index is -0.159. The van der Waals surface area contributed by atoms with Gasteiger partial charge in [-0.3, -0.25) is 9.59 Å². The van der Waals surface area contributed by atoms with Crippen LogP contribution in [0.2, 0.25) is 0 Å². The number of amides is 1. The lowest BCUT2D eigenvalue weighted by molar-refractivity contribution is 0.0950. The van der Waals surface area contributed by atoms with Gasteiger partial charge >= 0.3 is 0 Å². The third-order valence-electron chi connectivity index (χ3n) is 7.12. The molecular weight excluding hydrogens is 436 g/mol. The summed E-state index contributed by atoms with van der Waals surface area (Å²) in [5.74, 6) is -0.159. The van der Waals surface area contributed by atoms with E-state index in [1.54, 1.807) is 6.07 Å². The quantitative estimate of drug-likeness (QED) is 0.559.